The zero-order valence-electron chi connectivity index (χ0n) is 18.6. The second kappa shape index (κ2) is 12.8. The minimum atomic E-state index is -0.190. The molecule has 1 fully saturated rings. The normalized spacial score (nSPS) is 15.1. The van der Waals surface area contributed by atoms with Gasteiger partial charge in [0.1, 0.15) is 12.4 Å². The summed E-state index contributed by atoms with van der Waals surface area (Å²) in [6.07, 6.45) is 0. The van der Waals surface area contributed by atoms with E-state index in [0.717, 1.165) is 68.9 Å². The number of nitrogens with one attached hydrogen (secondary N) is 2. The van der Waals surface area contributed by atoms with Crippen molar-refractivity contribution in [1.82, 2.24) is 20.7 Å². The summed E-state index contributed by atoms with van der Waals surface area (Å²) in [5.74, 6) is 1.71. The molecule has 0 amide bonds. The molecule has 2 N–H and O–H groups in total. The summed E-state index contributed by atoms with van der Waals surface area (Å²) in [5, 5.41) is 10.8. The van der Waals surface area contributed by atoms with Gasteiger partial charge in [0.05, 0.1) is 5.69 Å². The van der Waals surface area contributed by atoms with Gasteiger partial charge < -0.3 is 20.1 Å². The molecule has 31 heavy (non-hydrogen) atoms. The Morgan fingerprint density at radius 3 is 2.48 bits per heavy atom. The van der Waals surface area contributed by atoms with E-state index < -0.39 is 0 Å². The lowest BCUT2D eigenvalue weighted by Gasteiger charge is -2.36. The molecule has 1 aromatic carbocycles. The average Bonchev–Trinajstić information content (AvgIpc) is 3.23. The number of hydrogen-bond donors (Lipinski definition) is 2. The van der Waals surface area contributed by atoms with Crippen LogP contribution in [0.25, 0.3) is 0 Å². The Kier molecular flexibility index (Phi) is 10.5. The first-order valence-corrected chi connectivity index (χ1v) is 10.8. The number of aliphatic imine (C=N–C) groups is 1. The monoisotopic (exact) mass is 544 g/mol. The highest BCUT2D eigenvalue weighted by Crippen LogP contribution is 2.17. The van der Waals surface area contributed by atoms with Crippen LogP contribution in [0.2, 0.25) is 0 Å². The minimum Gasteiger partial charge on any atom is -0.369 e. The van der Waals surface area contributed by atoms with Crippen molar-refractivity contribution in [2.45, 2.75) is 33.2 Å². The van der Waals surface area contributed by atoms with Crippen molar-refractivity contribution in [3.63, 3.8) is 0 Å². The molecule has 2 aromatic rings. The van der Waals surface area contributed by atoms with Crippen LogP contribution in [0.4, 0.5) is 10.1 Å². The standard InChI is InChI=1S/C22H33FN6O.HI/c1-4-24-22(26-16-20-15-21(17(2)3)27-30-20)25-9-10-28-11-13-29(14-12-28)19-7-5-18(23)6-8-19;/h5-8,15,17H,4,9-14,16H2,1-3H3,(H2,24,25,26);1H. The highest BCUT2D eigenvalue weighted by atomic mass is 127. The quantitative estimate of drug-likeness (QED) is 0.302. The van der Waals surface area contributed by atoms with Crippen LogP contribution in [0.3, 0.4) is 0 Å². The molecule has 3 rings (SSSR count). The molecule has 0 aliphatic carbocycles. The number of aromatic nitrogens is 1. The van der Waals surface area contributed by atoms with E-state index in [0.29, 0.717) is 12.5 Å². The molecule has 172 valence electrons. The zero-order valence-corrected chi connectivity index (χ0v) is 20.9. The summed E-state index contributed by atoms with van der Waals surface area (Å²) in [6, 6.07) is 8.72. The van der Waals surface area contributed by atoms with Gasteiger partial charge in [-0.25, -0.2) is 9.38 Å². The van der Waals surface area contributed by atoms with Crippen molar-refractivity contribution in [2.24, 2.45) is 4.99 Å². The van der Waals surface area contributed by atoms with E-state index in [1.54, 1.807) is 0 Å². The molecule has 0 saturated carbocycles. The largest absolute Gasteiger partial charge is 0.369 e. The van der Waals surface area contributed by atoms with Gasteiger partial charge in [-0.2, -0.15) is 0 Å². The van der Waals surface area contributed by atoms with Gasteiger partial charge in [-0.15, -0.1) is 24.0 Å². The van der Waals surface area contributed by atoms with Crippen molar-refractivity contribution in [3.8, 4) is 0 Å². The van der Waals surface area contributed by atoms with Crippen LogP contribution in [-0.2, 0) is 6.54 Å². The van der Waals surface area contributed by atoms with E-state index in [1.165, 1.54) is 12.1 Å². The Morgan fingerprint density at radius 1 is 1.16 bits per heavy atom. The lowest BCUT2D eigenvalue weighted by molar-refractivity contribution is 0.261. The van der Waals surface area contributed by atoms with Gasteiger partial charge in [-0.1, -0.05) is 19.0 Å². The topological polar surface area (TPSA) is 68.9 Å². The van der Waals surface area contributed by atoms with Gasteiger partial charge in [-0.3, -0.25) is 4.90 Å². The van der Waals surface area contributed by atoms with Crippen LogP contribution in [0.1, 0.15) is 38.1 Å². The third-order valence-electron chi connectivity index (χ3n) is 5.19. The molecule has 9 heteroatoms. The fourth-order valence-electron chi connectivity index (χ4n) is 3.39. The molecule has 2 heterocycles. The third-order valence-corrected chi connectivity index (χ3v) is 5.19. The first-order chi connectivity index (χ1) is 14.5. The maximum absolute atomic E-state index is 13.1. The molecule has 1 aromatic heterocycles. The van der Waals surface area contributed by atoms with Gasteiger partial charge >= 0.3 is 0 Å². The summed E-state index contributed by atoms with van der Waals surface area (Å²) in [4.78, 5) is 9.34. The number of anilines is 1. The van der Waals surface area contributed by atoms with Crippen LogP contribution in [0.15, 0.2) is 39.8 Å². The number of rotatable bonds is 8. The highest BCUT2D eigenvalue weighted by Gasteiger charge is 2.17. The Balaban J connectivity index is 0.00000341. The lowest BCUT2D eigenvalue weighted by Crippen LogP contribution is -2.49. The number of halogens is 2. The van der Waals surface area contributed by atoms with E-state index in [1.807, 2.05) is 18.2 Å². The average molecular weight is 544 g/mol. The summed E-state index contributed by atoms with van der Waals surface area (Å²) in [7, 11) is 0. The predicted molar refractivity (Wildman–Crippen MR) is 134 cm³/mol. The first kappa shape index (κ1) is 25.4. The van der Waals surface area contributed by atoms with Crippen LogP contribution >= 0.6 is 24.0 Å². The molecule has 0 radical (unpaired) electrons. The highest BCUT2D eigenvalue weighted by molar-refractivity contribution is 14.0. The van der Waals surface area contributed by atoms with Gasteiger partial charge in [0.15, 0.2) is 11.7 Å². The number of guanidine groups is 1. The maximum atomic E-state index is 13.1. The van der Waals surface area contributed by atoms with E-state index in [4.69, 9.17) is 4.52 Å². The number of piperazine rings is 1. The van der Waals surface area contributed by atoms with Crippen molar-refractivity contribution in [1.29, 1.82) is 0 Å². The first-order valence-electron chi connectivity index (χ1n) is 10.8. The Hall–Kier alpha value is -1.88. The fourth-order valence-corrected chi connectivity index (χ4v) is 3.39. The van der Waals surface area contributed by atoms with E-state index in [2.05, 4.69) is 51.4 Å². The molecule has 0 unspecified atom stereocenters. The number of hydrogen-bond acceptors (Lipinski definition) is 5. The molecular weight excluding hydrogens is 510 g/mol. The summed E-state index contributed by atoms with van der Waals surface area (Å²) in [5.41, 5.74) is 2.04. The molecule has 0 atom stereocenters. The molecule has 1 aliphatic rings. The molecular formula is C22H34FIN6O. The smallest absolute Gasteiger partial charge is 0.191 e. The predicted octanol–water partition coefficient (Wildman–Crippen LogP) is 3.43. The van der Waals surface area contributed by atoms with Gasteiger partial charge in [0, 0.05) is 57.6 Å². The Bertz CT molecular complexity index is 803. The minimum absolute atomic E-state index is 0. The number of benzene rings is 1. The number of nitrogens with zero attached hydrogens (tertiary/aromatic N) is 4. The molecule has 0 spiro atoms. The second-order valence-electron chi connectivity index (χ2n) is 7.80. The molecule has 1 saturated heterocycles. The Morgan fingerprint density at radius 2 is 1.87 bits per heavy atom. The molecule has 7 nitrogen and oxygen atoms in total. The molecule has 1 aliphatic heterocycles. The van der Waals surface area contributed by atoms with Crippen molar-refractivity contribution < 1.29 is 8.91 Å². The van der Waals surface area contributed by atoms with E-state index in [9.17, 15) is 4.39 Å². The van der Waals surface area contributed by atoms with Crippen molar-refractivity contribution >= 4 is 35.6 Å². The van der Waals surface area contributed by atoms with Crippen LogP contribution in [-0.4, -0.2) is 61.8 Å². The van der Waals surface area contributed by atoms with Gasteiger partial charge in [0.2, 0.25) is 0 Å². The SMILES string of the molecule is CCNC(=NCc1cc(C(C)C)no1)NCCN1CCN(c2ccc(F)cc2)CC1.I. The third kappa shape index (κ3) is 7.95. The summed E-state index contributed by atoms with van der Waals surface area (Å²) >= 11 is 0. The molecule has 0 bridgehead atoms. The van der Waals surface area contributed by atoms with Crippen molar-refractivity contribution in [2.75, 3.05) is 50.7 Å². The maximum Gasteiger partial charge on any atom is 0.191 e. The van der Waals surface area contributed by atoms with Crippen LogP contribution < -0.4 is 15.5 Å². The second-order valence-corrected chi connectivity index (χ2v) is 7.80. The van der Waals surface area contributed by atoms with E-state index in [-0.39, 0.29) is 29.8 Å². The fraction of sp³-hybridized carbons (Fsp3) is 0.545. The zero-order chi connectivity index (χ0) is 21.3. The van der Waals surface area contributed by atoms with Crippen molar-refractivity contribution in [3.05, 3.63) is 47.6 Å². The van der Waals surface area contributed by atoms with Gasteiger partial charge in [-0.05, 0) is 37.1 Å². The Labute approximate surface area is 201 Å². The van der Waals surface area contributed by atoms with Gasteiger partial charge in [0.25, 0.3) is 0 Å². The van der Waals surface area contributed by atoms with Crippen LogP contribution in [0, 0.1) is 5.82 Å². The summed E-state index contributed by atoms with van der Waals surface area (Å²) in [6.45, 7) is 13.1. The van der Waals surface area contributed by atoms with Crippen LogP contribution in [0.5, 0.6) is 0 Å². The van der Waals surface area contributed by atoms with E-state index >= 15 is 0 Å². The lowest BCUT2D eigenvalue weighted by atomic mass is 10.1. The summed E-state index contributed by atoms with van der Waals surface area (Å²) < 4.78 is 18.5.